The van der Waals surface area contributed by atoms with Crippen LogP contribution in [0, 0.1) is 12.8 Å². The molecule has 2 aromatic heterocycles. The second-order valence-electron chi connectivity index (χ2n) is 5.43. The van der Waals surface area contributed by atoms with Crippen LogP contribution < -0.4 is 5.32 Å². The first kappa shape index (κ1) is 13.2. The van der Waals surface area contributed by atoms with Crippen molar-refractivity contribution >= 4 is 0 Å². The van der Waals surface area contributed by atoms with Gasteiger partial charge in [-0.2, -0.15) is 4.98 Å². The first-order chi connectivity index (χ1) is 9.83. The summed E-state index contributed by atoms with van der Waals surface area (Å²) in [6.45, 7) is 4.27. The van der Waals surface area contributed by atoms with Gasteiger partial charge < -0.3 is 9.84 Å². The van der Waals surface area contributed by atoms with Crippen LogP contribution in [-0.2, 0) is 6.42 Å². The van der Waals surface area contributed by atoms with Crippen LogP contribution in [0.15, 0.2) is 22.9 Å². The number of aryl methyl sites for hydroxylation is 2. The molecule has 1 atom stereocenters. The number of aromatic nitrogens is 3. The van der Waals surface area contributed by atoms with Gasteiger partial charge in [0.25, 0.3) is 0 Å². The van der Waals surface area contributed by atoms with Gasteiger partial charge in [0.2, 0.25) is 11.7 Å². The van der Waals surface area contributed by atoms with Crippen LogP contribution in [0.5, 0.6) is 0 Å². The molecule has 5 heteroatoms. The molecule has 1 unspecified atom stereocenters. The van der Waals surface area contributed by atoms with E-state index in [9.17, 15) is 0 Å². The topological polar surface area (TPSA) is 63.8 Å². The monoisotopic (exact) mass is 272 g/mol. The average molecular weight is 272 g/mol. The number of hydrogen-bond acceptors (Lipinski definition) is 5. The van der Waals surface area contributed by atoms with Crippen molar-refractivity contribution in [1.29, 1.82) is 0 Å². The van der Waals surface area contributed by atoms with E-state index in [0.717, 1.165) is 49.0 Å². The van der Waals surface area contributed by atoms with Crippen LogP contribution in [0.25, 0.3) is 11.5 Å². The molecule has 1 aliphatic heterocycles. The third-order valence-corrected chi connectivity index (χ3v) is 3.85. The Morgan fingerprint density at radius 1 is 1.45 bits per heavy atom. The van der Waals surface area contributed by atoms with Crippen LogP contribution in [0.1, 0.15) is 30.7 Å². The van der Waals surface area contributed by atoms with E-state index in [2.05, 4.69) is 20.4 Å². The highest BCUT2D eigenvalue weighted by Gasteiger charge is 2.16. The molecule has 0 saturated carbocycles. The number of hydrogen-bond donors (Lipinski definition) is 1. The van der Waals surface area contributed by atoms with E-state index in [1.165, 1.54) is 12.8 Å². The molecule has 0 aromatic carbocycles. The van der Waals surface area contributed by atoms with Crippen LogP contribution in [0.3, 0.4) is 0 Å². The van der Waals surface area contributed by atoms with Crippen molar-refractivity contribution in [3.63, 3.8) is 0 Å². The van der Waals surface area contributed by atoms with Gasteiger partial charge in [-0.1, -0.05) is 11.2 Å². The zero-order valence-corrected chi connectivity index (χ0v) is 11.8. The standard InChI is InChI=1S/C15H20N4O/c1-11-4-2-9-17-14(11)15-18-13(20-19-15)7-6-12-5-3-8-16-10-12/h2,4,9,12,16H,3,5-8,10H2,1H3. The fourth-order valence-corrected chi connectivity index (χ4v) is 2.67. The fourth-order valence-electron chi connectivity index (χ4n) is 2.67. The highest BCUT2D eigenvalue weighted by atomic mass is 16.5. The molecular weight excluding hydrogens is 252 g/mol. The summed E-state index contributed by atoms with van der Waals surface area (Å²) < 4.78 is 5.34. The van der Waals surface area contributed by atoms with Gasteiger partial charge in [-0.3, -0.25) is 4.98 Å². The minimum atomic E-state index is 0.597. The molecule has 106 valence electrons. The van der Waals surface area contributed by atoms with Crippen molar-refractivity contribution in [2.75, 3.05) is 13.1 Å². The number of rotatable bonds is 4. The summed E-state index contributed by atoms with van der Waals surface area (Å²) in [6.07, 6.45) is 6.29. The molecular formula is C15H20N4O. The summed E-state index contributed by atoms with van der Waals surface area (Å²) in [6, 6.07) is 3.92. The summed E-state index contributed by atoms with van der Waals surface area (Å²) in [5.41, 5.74) is 1.87. The lowest BCUT2D eigenvalue weighted by Gasteiger charge is -2.21. The highest BCUT2D eigenvalue weighted by Crippen LogP contribution is 2.20. The van der Waals surface area contributed by atoms with E-state index in [0.29, 0.717) is 5.82 Å². The van der Waals surface area contributed by atoms with Gasteiger partial charge in [-0.15, -0.1) is 0 Å². The molecule has 1 N–H and O–H groups in total. The molecule has 0 aliphatic carbocycles. The second kappa shape index (κ2) is 6.13. The minimum Gasteiger partial charge on any atom is -0.339 e. The molecule has 1 fully saturated rings. The molecule has 0 spiro atoms. The lowest BCUT2D eigenvalue weighted by molar-refractivity contribution is 0.327. The Bertz CT molecular complexity index is 561. The average Bonchev–Trinajstić information content (AvgIpc) is 2.95. The Labute approximate surface area is 118 Å². The predicted molar refractivity (Wildman–Crippen MR) is 76.2 cm³/mol. The van der Waals surface area contributed by atoms with Crippen molar-refractivity contribution in [2.24, 2.45) is 5.92 Å². The zero-order chi connectivity index (χ0) is 13.8. The Morgan fingerprint density at radius 2 is 2.40 bits per heavy atom. The molecule has 0 bridgehead atoms. The van der Waals surface area contributed by atoms with Gasteiger partial charge in [0.15, 0.2) is 0 Å². The molecule has 1 aliphatic rings. The lowest BCUT2D eigenvalue weighted by atomic mass is 9.95. The molecule has 0 amide bonds. The summed E-state index contributed by atoms with van der Waals surface area (Å²) in [4.78, 5) is 8.78. The van der Waals surface area contributed by atoms with E-state index in [-0.39, 0.29) is 0 Å². The third kappa shape index (κ3) is 3.04. The minimum absolute atomic E-state index is 0.597. The summed E-state index contributed by atoms with van der Waals surface area (Å²) >= 11 is 0. The smallest absolute Gasteiger partial charge is 0.227 e. The molecule has 3 rings (SSSR count). The number of nitrogens with zero attached hydrogens (tertiary/aromatic N) is 3. The molecule has 3 heterocycles. The van der Waals surface area contributed by atoms with Crippen LogP contribution >= 0.6 is 0 Å². The van der Waals surface area contributed by atoms with Crippen LogP contribution in [0.2, 0.25) is 0 Å². The first-order valence-electron chi connectivity index (χ1n) is 7.28. The van der Waals surface area contributed by atoms with Gasteiger partial charge in [-0.25, -0.2) is 0 Å². The first-order valence-corrected chi connectivity index (χ1v) is 7.28. The maximum atomic E-state index is 5.34. The SMILES string of the molecule is Cc1cccnc1-c1noc(CCC2CCCNC2)n1. The van der Waals surface area contributed by atoms with Crippen molar-refractivity contribution < 1.29 is 4.52 Å². The summed E-state index contributed by atoms with van der Waals surface area (Å²) in [7, 11) is 0. The molecule has 20 heavy (non-hydrogen) atoms. The molecule has 1 saturated heterocycles. The highest BCUT2D eigenvalue weighted by molar-refractivity contribution is 5.52. The van der Waals surface area contributed by atoms with Crippen molar-refractivity contribution in [3.05, 3.63) is 29.8 Å². The van der Waals surface area contributed by atoms with Crippen LogP contribution in [0.4, 0.5) is 0 Å². The number of piperidine rings is 1. The molecule has 5 nitrogen and oxygen atoms in total. The normalized spacial score (nSPS) is 19.1. The summed E-state index contributed by atoms with van der Waals surface area (Å²) in [5, 5.41) is 7.48. The van der Waals surface area contributed by atoms with Crippen molar-refractivity contribution in [3.8, 4) is 11.5 Å². The maximum absolute atomic E-state index is 5.34. The van der Waals surface area contributed by atoms with Gasteiger partial charge in [0, 0.05) is 12.6 Å². The fraction of sp³-hybridized carbons (Fsp3) is 0.533. The molecule has 2 aromatic rings. The van der Waals surface area contributed by atoms with E-state index >= 15 is 0 Å². The largest absolute Gasteiger partial charge is 0.339 e. The maximum Gasteiger partial charge on any atom is 0.227 e. The van der Waals surface area contributed by atoms with Crippen LogP contribution in [-0.4, -0.2) is 28.2 Å². The van der Waals surface area contributed by atoms with E-state index in [4.69, 9.17) is 4.52 Å². The van der Waals surface area contributed by atoms with Gasteiger partial charge in [-0.05, 0) is 56.8 Å². The van der Waals surface area contributed by atoms with Crippen molar-refractivity contribution in [1.82, 2.24) is 20.4 Å². The zero-order valence-electron chi connectivity index (χ0n) is 11.8. The third-order valence-electron chi connectivity index (χ3n) is 3.85. The number of nitrogens with one attached hydrogen (secondary N) is 1. The van der Waals surface area contributed by atoms with Gasteiger partial charge >= 0.3 is 0 Å². The van der Waals surface area contributed by atoms with Gasteiger partial charge in [0.1, 0.15) is 5.69 Å². The van der Waals surface area contributed by atoms with E-state index in [1.807, 2.05) is 19.1 Å². The van der Waals surface area contributed by atoms with E-state index < -0.39 is 0 Å². The molecule has 0 radical (unpaired) electrons. The van der Waals surface area contributed by atoms with E-state index in [1.54, 1.807) is 6.20 Å². The Hall–Kier alpha value is -1.75. The lowest BCUT2D eigenvalue weighted by Crippen LogP contribution is -2.29. The van der Waals surface area contributed by atoms with Crippen molar-refractivity contribution in [2.45, 2.75) is 32.6 Å². The second-order valence-corrected chi connectivity index (χ2v) is 5.43. The Balaban J connectivity index is 1.63. The van der Waals surface area contributed by atoms with Gasteiger partial charge in [0.05, 0.1) is 0 Å². The summed E-state index contributed by atoms with van der Waals surface area (Å²) in [5.74, 6) is 2.05. The quantitative estimate of drug-likeness (QED) is 0.925. The number of pyridine rings is 1. The Morgan fingerprint density at radius 3 is 3.20 bits per heavy atom. The predicted octanol–water partition coefficient (Wildman–Crippen LogP) is 2.37. The Kier molecular flexibility index (Phi) is 4.06.